The summed E-state index contributed by atoms with van der Waals surface area (Å²) in [5.41, 5.74) is 0.561. The molecule has 1 atom stereocenters. The molecule has 3 aromatic heterocycles. The number of fused-ring (bicyclic) bond motifs is 1. The quantitative estimate of drug-likeness (QED) is 0.687. The van der Waals surface area contributed by atoms with Crippen LogP contribution in [0.3, 0.4) is 0 Å². The molecule has 3 heterocycles. The fourth-order valence-electron chi connectivity index (χ4n) is 3.05. The molecule has 27 heavy (non-hydrogen) atoms. The Morgan fingerprint density at radius 1 is 1.19 bits per heavy atom. The smallest absolute Gasteiger partial charge is 0.237 e. The molecule has 0 amide bonds. The maximum Gasteiger partial charge on any atom is 0.249 e. The van der Waals surface area contributed by atoms with Crippen molar-refractivity contribution in [2.45, 2.75) is 18.1 Å². The summed E-state index contributed by atoms with van der Waals surface area (Å²) in [5, 5.41) is 0.493. The Labute approximate surface area is 154 Å². The first-order valence-corrected chi connectivity index (χ1v) is 9.50. The second-order valence-electron chi connectivity index (χ2n) is 6.39. The van der Waals surface area contributed by atoms with Crippen LogP contribution in [-0.2, 0) is 10.0 Å². The van der Waals surface area contributed by atoms with E-state index in [0.29, 0.717) is 10.9 Å². The van der Waals surface area contributed by atoms with Crippen molar-refractivity contribution < 1.29 is 17.2 Å². The zero-order valence-corrected chi connectivity index (χ0v) is 15.0. The molecular formula is C18H14F2N4O2S. The van der Waals surface area contributed by atoms with Gasteiger partial charge in [0.05, 0.1) is 12.4 Å². The van der Waals surface area contributed by atoms with Gasteiger partial charge in [-0.2, -0.15) is 0 Å². The minimum absolute atomic E-state index is 0.123. The third kappa shape index (κ3) is 2.74. The molecule has 0 bridgehead atoms. The van der Waals surface area contributed by atoms with Crippen LogP contribution in [0.4, 0.5) is 8.78 Å². The van der Waals surface area contributed by atoms with Crippen molar-refractivity contribution >= 4 is 21.1 Å². The number of pyridine rings is 1. The summed E-state index contributed by atoms with van der Waals surface area (Å²) in [7, 11) is -4.06. The SMILES string of the molecule is CC1(S(=O)(=O)n2cc(-c3ncc(F)cn3)c3cccnc32)C=C(F)C=CC1. The predicted octanol–water partition coefficient (Wildman–Crippen LogP) is 3.38. The highest BCUT2D eigenvalue weighted by Crippen LogP contribution is 2.35. The van der Waals surface area contributed by atoms with Crippen molar-refractivity contribution in [3.63, 3.8) is 0 Å². The minimum Gasteiger partial charge on any atom is -0.237 e. The van der Waals surface area contributed by atoms with Gasteiger partial charge in [-0.15, -0.1) is 0 Å². The van der Waals surface area contributed by atoms with Gasteiger partial charge in [-0.1, -0.05) is 6.08 Å². The van der Waals surface area contributed by atoms with E-state index in [-0.39, 0.29) is 17.9 Å². The topological polar surface area (TPSA) is 77.7 Å². The molecule has 1 aliphatic carbocycles. The summed E-state index contributed by atoms with van der Waals surface area (Å²) in [4.78, 5) is 12.0. The number of hydrogen-bond acceptors (Lipinski definition) is 5. The number of halogens is 2. The van der Waals surface area contributed by atoms with E-state index < -0.39 is 26.4 Å². The Hall–Kier alpha value is -2.94. The second kappa shape index (κ2) is 6.05. The van der Waals surface area contributed by atoms with Crippen molar-refractivity contribution in [2.75, 3.05) is 0 Å². The van der Waals surface area contributed by atoms with Crippen LogP contribution in [0.5, 0.6) is 0 Å². The normalized spacial score (nSPS) is 20.0. The van der Waals surface area contributed by atoms with Crippen LogP contribution in [0.2, 0.25) is 0 Å². The van der Waals surface area contributed by atoms with Crippen LogP contribution in [0.15, 0.2) is 61.0 Å². The van der Waals surface area contributed by atoms with E-state index >= 15 is 0 Å². The molecule has 0 aromatic carbocycles. The number of nitrogens with zero attached hydrogens (tertiary/aromatic N) is 4. The van der Waals surface area contributed by atoms with Crippen molar-refractivity contribution in [3.8, 4) is 11.4 Å². The van der Waals surface area contributed by atoms with Crippen LogP contribution >= 0.6 is 0 Å². The zero-order chi connectivity index (χ0) is 19.2. The van der Waals surface area contributed by atoms with Gasteiger partial charge in [-0.25, -0.2) is 36.1 Å². The highest BCUT2D eigenvalue weighted by molar-refractivity contribution is 7.91. The van der Waals surface area contributed by atoms with E-state index in [0.717, 1.165) is 22.4 Å². The minimum atomic E-state index is -4.06. The molecule has 9 heteroatoms. The maximum absolute atomic E-state index is 13.8. The fraction of sp³-hybridized carbons (Fsp3) is 0.167. The first kappa shape index (κ1) is 17.5. The number of rotatable bonds is 3. The molecule has 0 saturated heterocycles. The van der Waals surface area contributed by atoms with Crippen LogP contribution in [0, 0.1) is 5.82 Å². The predicted molar refractivity (Wildman–Crippen MR) is 96.4 cm³/mol. The summed E-state index contributed by atoms with van der Waals surface area (Å²) >= 11 is 0. The Balaban J connectivity index is 1.96. The lowest BCUT2D eigenvalue weighted by Gasteiger charge is -2.27. The molecule has 4 rings (SSSR count). The largest absolute Gasteiger partial charge is 0.249 e. The Morgan fingerprint density at radius 3 is 2.63 bits per heavy atom. The van der Waals surface area contributed by atoms with Gasteiger partial charge in [0, 0.05) is 23.3 Å². The average Bonchev–Trinajstić information content (AvgIpc) is 3.02. The first-order chi connectivity index (χ1) is 12.8. The van der Waals surface area contributed by atoms with Crippen LogP contribution < -0.4 is 0 Å². The van der Waals surface area contributed by atoms with Gasteiger partial charge in [0.25, 0.3) is 0 Å². The van der Waals surface area contributed by atoms with E-state index in [1.165, 1.54) is 31.5 Å². The number of aromatic nitrogens is 4. The van der Waals surface area contributed by atoms with E-state index in [1.807, 2.05) is 0 Å². The first-order valence-electron chi connectivity index (χ1n) is 8.06. The second-order valence-corrected chi connectivity index (χ2v) is 8.67. The summed E-state index contributed by atoms with van der Waals surface area (Å²) < 4.78 is 53.2. The molecule has 6 nitrogen and oxygen atoms in total. The molecule has 0 aliphatic heterocycles. The lowest BCUT2D eigenvalue weighted by atomic mass is 10.0. The van der Waals surface area contributed by atoms with Crippen LogP contribution in [0.1, 0.15) is 13.3 Å². The van der Waals surface area contributed by atoms with Gasteiger partial charge in [0.2, 0.25) is 10.0 Å². The molecule has 0 saturated carbocycles. The third-order valence-corrected chi connectivity index (χ3v) is 6.74. The molecule has 1 aliphatic rings. The van der Waals surface area contributed by atoms with Crippen LogP contribution in [0.25, 0.3) is 22.4 Å². The van der Waals surface area contributed by atoms with Crippen LogP contribution in [-0.4, -0.2) is 32.1 Å². The monoisotopic (exact) mass is 388 g/mol. The number of hydrogen-bond donors (Lipinski definition) is 0. The van der Waals surface area contributed by atoms with Gasteiger partial charge in [-0.05, 0) is 37.6 Å². The van der Waals surface area contributed by atoms with Gasteiger partial charge < -0.3 is 0 Å². The van der Waals surface area contributed by atoms with Gasteiger partial charge in [0.1, 0.15) is 10.6 Å². The van der Waals surface area contributed by atoms with E-state index in [9.17, 15) is 17.2 Å². The van der Waals surface area contributed by atoms with Crippen molar-refractivity contribution in [3.05, 3.63) is 66.8 Å². The number of allylic oxidation sites excluding steroid dienone is 3. The van der Waals surface area contributed by atoms with Crippen molar-refractivity contribution in [2.24, 2.45) is 0 Å². The lowest BCUT2D eigenvalue weighted by Crippen LogP contribution is -2.38. The van der Waals surface area contributed by atoms with Gasteiger partial charge >= 0.3 is 0 Å². The van der Waals surface area contributed by atoms with E-state index in [1.54, 1.807) is 12.1 Å². The van der Waals surface area contributed by atoms with Gasteiger partial charge in [-0.3, -0.25) is 0 Å². The summed E-state index contributed by atoms with van der Waals surface area (Å²) in [6.45, 7) is 1.45. The molecule has 0 radical (unpaired) electrons. The van der Waals surface area contributed by atoms with E-state index in [2.05, 4.69) is 15.0 Å². The van der Waals surface area contributed by atoms with Gasteiger partial charge in [0.15, 0.2) is 17.3 Å². The Morgan fingerprint density at radius 2 is 1.93 bits per heavy atom. The van der Waals surface area contributed by atoms with Crippen molar-refractivity contribution in [1.82, 2.24) is 18.9 Å². The third-order valence-electron chi connectivity index (χ3n) is 4.48. The molecular weight excluding hydrogens is 374 g/mol. The zero-order valence-electron chi connectivity index (χ0n) is 14.2. The molecule has 138 valence electrons. The fourth-order valence-corrected chi connectivity index (χ4v) is 4.69. The molecule has 0 fully saturated rings. The van der Waals surface area contributed by atoms with E-state index in [4.69, 9.17) is 0 Å². The molecule has 1 unspecified atom stereocenters. The Bertz CT molecular complexity index is 1200. The summed E-state index contributed by atoms with van der Waals surface area (Å²) in [6, 6.07) is 3.33. The standard InChI is InChI=1S/C18H14F2N4O2S/c1-18(6-2-4-12(19)8-18)27(25,26)24-11-15(14-5-3-7-21-17(14)24)16-22-9-13(20)10-23-16/h2-5,7-11H,6H2,1H3. The summed E-state index contributed by atoms with van der Waals surface area (Å²) in [5.74, 6) is -1.05. The molecule has 0 N–H and O–H groups in total. The summed E-state index contributed by atoms with van der Waals surface area (Å²) in [6.07, 6.45) is 8.74. The van der Waals surface area contributed by atoms with Crippen molar-refractivity contribution in [1.29, 1.82) is 0 Å². The average molecular weight is 388 g/mol. The lowest BCUT2D eigenvalue weighted by molar-refractivity contribution is 0.545. The molecule has 3 aromatic rings. The molecule has 0 spiro atoms. The highest BCUT2D eigenvalue weighted by Gasteiger charge is 2.41. The highest BCUT2D eigenvalue weighted by atomic mass is 32.2. The Kier molecular flexibility index (Phi) is 3.92. The maximum atomic E-state index is 13.8.